The molecule has 0 aliphatic heterocycles. The molecule has 8 nitrogen and oxygen atoms in total. The Kier molecular flexibility index (Phi) is 8.66. The summed E-state index contributed by atoms with van der Waals surface area (Å²) in [7, 11) is 1.39. The molecular formula is C31H30ClF2N5O3S. The number of fused-ring (bicyclic) bond motifs is 1. The van der Waals surface area contributed by atoms with Crippen molar-refractivity contribution in [3.05, 3.63) is 93.8 Å². The van der Waals surface area contributed by atoms with Crippen molar-refractivity contribution in [3.63, 3.8) is 0 Å². The van der Waals surface area contributed by atoms with Crippen molar-refractivity contribution in [1.29, 1.82) is 0 Å². The largest absolute Gasteiger partial charge is 0.494 e. The molecule has 1 amide bonds. The van der Waals surface area contributed by atoms with E-state index in [4.69, 9.17) is 31.6 Å². The van der Waals surface area contributed by atoms with Crippen molar-refractivity contribution in [1.82, 2.24) is 20.0 Å². The van der Waals surface area contributed by atoms with Crippen molar-refractivity contribution in [2.24, 2.45) is 0 Å². The Hall–Kier alpha value is -4.09. The summed E-state index contributed by atoms with van der Waals surface area (Å²) in [5, 5.41) is 7.92. The maximum absolute atomic E-state index is 15.2. The normalized spacial score (nSPS) is 11.7. The minimum Gasteiger partial charge on any atom is -0.494 e. The third-order valence-electron chi connectivity index (χ3n) is 7.27. The molecule has 0 fully saturated rings. The number of anilines is 1. The van der Waals surface area contributed by atoms with E-state index in [0.29, 0.717) is 28.4 Å². The number of nitrogens with two attached hydrogens (primary N) is 1. The number of imidazole rings is 1. The van der Waals surface area contributed by atoms with Gasteiger partial charge in [-0.2, -0.15) is 0 Å². The zero-order valence-corrected chi connectivity index (χ0v) is 25.6. The number of hydrogen-bond acceptors (Lipinski definition) is 7. The maximum atomic E-state index is 15.2. The van der Waals surface area contributed by atoms with Gasteiger partial charge in [0, 0.05) is 39.9 Å². The van der Waals surface area contributed by atoms with Crippen LogP contribution in [-0.4, -0.2) is 34.3 Å². The van der Waals surface area contributed by atoms with E-state index >= 15 is 4.39 Å². The van der Waals surface area contributed by atoms with Crippen LogP contribution in [0.15, 0.2) is 64.4 Å². The molecule has 3 N–H and O–H groups in total. The highest BCUT2D eigenvalue weighted by atomic mass is 35.5. The number of nitrogens with one attached hydrogen (secondary N) is 1. The maximum Gasteiger partial charge on any atom is 0.251 e. The van der Waals surface area contributed by atoms with E-state index in [0.717, 1.165) is 17.7 Å². The molecule has 0 saturated carbocycles. The zero-order valence-electron chi connectivity index (χ0n) is 24.0. The number of amides is 1. The van der Waals surface area contributed by atoms with Gasteiger partial charge in [0.15, 0.2) is 28.1 Å². The first-order chi connectivity index (χ1) is 20.5. The molecule has 224 valence electrons. The average Bonchev–Trinajstić information content (AvgIpc) is 3.59. The Labute approximate surface area is 256 Å². The van der Waals surface area contributed by atoms with Crippen LogP contribution in [0.25, 0.3) is 16.7 Å². The third kappa shape index (κ3) is 5.92. The first kappa shape index (κ1) is 30.4. The molecule has 0 atom stereocenters. The predicted octanol–water partition coefficient (Wildman–Crippen LogP) is 7.29. The molecule has 0 bridgehead atoms. The van der Waals surface area contributed by atoms with Gasteiger partial charge in [0.05, 0.1) is 30.1 Å². The second-order valence-corrected chi connectivity index (χ2v) is 11.8. The van der Waals surface area contributed by atoms with Gasteiger partial charge >= 0.3 is 0 Å². The summed E-state index contributed by atoms with van der Waals surface area (Å²) in [6, 6.07) is 12.8. The smallest absolute Gasteiger partial charge is 0.251 e. The van der Waals surface area contributed by atoms with Crippen LogP contribution in [0, 0.1) is 11.6 Å². The number of hydrogen-bond donors (Lipinski definition) is 2. The Morgan fingerprint density at radius 2 is 1.95 bits per heavy atom. The lowest BCUT2D eigenvalue weighted by atomic mass is 9.81. The zero-order chi connectivity index (χ0) is 30.9. The number of aromatic nitrogens is 3. The van der Waals surface area contributed by atoms with Gasteiger partial charge in [0.2, 0.25) is 0 Å². The fraction of sp³-hybridized carbons (Fsp3) is 0.258. The Balaban J connectivity index is 1.55. The number of thioether (sulfide) groups is 1. The van der Waals surface area contributed by atoms with Gasteiger partial charge in [-0.15, -0.1) is 0 Å². The number of carbonyl (C=O) groups excluding carboxylic acids is 1. The van der Waals surface area contributed by atoms with Gasteiger partial charge in [-0.25, -0.2) is 13.8 Å². The SMILES string of the molecule is CCCNC(=O)c1cc(F)c(CSc2ncc(C(C)(C)c3ccc4onc(N)c4c3)n2-c2ccc(F)c(OC)c2)c(Cl)c1. The van der Waals surface area contributed by atoms with Crippen LogP contribution in [0.4, 0.5) is 14.6 Å². The van der Waals surface area contributed by atoms with E-state index in [2.05, 4.69) is 10.5 Å². The van der Waals surface area contributed by atoms with Gasteiger partial charge in [0.1, 0.15) is 5.82 Å². The molecule has 2 aromatic heterocycles. The van der Waals surface area contributed by atoms with E-state index in [9.17, 15) is 9.18 Å². The summed E-state index contributed by atoms with van der Waals surface area (Å²) in [5.74, 6) is -1.01. The summed E-state index contributed by atoms with van der Waals surface area (Å²) in [4.78, 5) is 17.1. The number of benzene rings is 3. The minimum atomic E-state index is -0.637. The molecule has 0 unspecified atom stereocenters. The average molecular weight is 626 g/mol. The van der Waals surface area contributed by atoms with Crippen molar-refractivity contribution in [2.75, 3.05) is 19.4 Å². The van der Waals surface area contributed by atoms with Crippen LogP contribution in [-0.2, 0) is 11.2 Å². The molecule has 0 aliphatic rings. The molecule has 5 rings (SSSR count). The first-order valence-corrected chi connectivity index (χ1v) is 14.9. The molecule has 0 radical (unpaired) electrons. The molecule has 12 heteroatoms. The van der Waals surface area contributed by atoms with Crippen molar-refractivity contribution in [2.45, 2.75) is 43.5 Å². The lowest BCUT2D eigenvalue weighted by Crippen LogP contribution is -2.24. The van der Waals surface area contributed by atoms with Gasteiger partial charge in [-0.3, -0.25) is 9.36 Å². The predicted molar refractivity (Wildman–Crippen MR) is 164 cm³/mol. The molecule has 2 heterocycles. The van der Waals surface area contributed by atoms with E-state index in [-0.39, 0.29) is 39.4 Å². The van der Waals surface area contributed by atoms with Crippen molar-refractivity contribution >= 4 is 46.1 Å². The van der Waals surface area contributed by atoms with Gasteiger partial charge in [-0.05, 0) is 48.4 Å². The van der Waals surface area contributed by atoms with E-state index in [1.54, 1.807) is 18.3 Å². The quantitative estimate of drug-likeness (QED) is 0.157. The summed E-state index contributed by atoms with van der Waals surface area (Å²) < 4.78 is 42.1. The minimum absolute atomic E-state index is 0.0654. The highest BCUT2D eigenvalue weighted by Gasteiger charge is 2.31. The first-order valence-electron chi connectivity index (χ1n) is 13.5. The van der Waals surface area contributed by atoms with Crippen LogP contribution in [0.5, 0.6) is 5.75 Å². The van der Waals surface area contributed by atoms with Gasteiger partial charge < -0.3 is 20.3 Å². The molecule has 0 saturated heterocycles. The topological polar surface area (TPSA) is 108 Å². The highest BCUT2D eigenvalue weighted by Crippen LogP contribution is 2.39. The summed E-state index contributed by atoms with van der Waals surface area (Å²) in [5.41, 5.74) is 8.62. The monoisotopic (exact) mass is 625 g/mol. The second-order valence-electron chi connectivity index (χ2n) is 10.4. The molecule has 3 aromatic carbocycles. The number of rotatable bonds is 10. The fourth-order valence-corrected chi connectivity index (χ4v) is 6.14. The third-order valence-corrected chi connectivity index (χ3v) is 8.58. The van der Waals surface area contributed by atoms with E-state index in [1.807, 2.05) is 43.5 Å². The molecular weight excluding hydrogens is 596 g/mol. The van der Waals surface area contributed by atoms with Gasteiger partial charge in [0.25, 0.3) is 5.91 Å². The molecule has 0 aliphatic carbocycles. The Morgan fingerprint density at radius 1 is 1.16 bits per heavy atom. The van der Waals surface area contributed by atoms with Gasteiger partial charge in [-0.1, -0.05) is 55.4 Å². The van der Waals surface area contributed by atoms with Crippen LogP contribution >= 0.6 is 23.4 Å². The van der Waals surface area contributed by atoms with Crippen LogP contribution < -0.4 is 15.8 Å². The molecule has 43 heavy (non-hydrogen) atoms. The summed E-state index contributed by atoms with van der Waals surface area (Å²) >= 11 is 7.71. The number of halogens is 3. The second kappa shape index (κ2) is 12.3. The van der Waals surface area contributed by atoms with E-state index in [1.165, 1.54) is 37.1 Å². The van der Waals surface area contributed by atoms with Crippen molar-refractivity contribution < 1.29 is 22.8 Å². The standard InChI is InChI=1S/C31H30ClF2N5O3S/c1-5-10-36-29(40)17-11-22(32)21(24(34)12-17)16-43-30-37-15-27(39(30)19-7-8-23(33)26(14-19)41-4)31(2,3)18-6-9-25-20(13-18)28(35)38-42-25/h6-9,11-15H,5,10,16H2,1-4H3,(H2,35,38)(H,36,40). The van der Waals surface area contributed by atoms with Crippen LogP contribution in [0.2, 0.25) is 5.02 Å². The number of methoxy groups -OCH3 is 1. The van der Waals surface area contributed by atoms with Crippen LogP contribution in [0.3, 0.4) is 0 Å². The summed E-state index contributed by atoms with van der Waals surface area (Å²) in [6.07, 6.45) is 2.49. The van der Waals surface area contributed by atoms with Crippen molar-refractivity contribution in [3.8, 4) is 11.4 Å². The molecule has 5 aromatic rings. The highest BCUT2D eigenvalue weighted by molar-refractivity contribution is 7.98. The number of nitrogen functional groups attached to an aromatic ring is 1. The Morgan fingerprint density at radius 3 is 2.67 bits per heavy atom. The summed E-state index contributed by atoms with van der Waals surface area (Å²) in [6.45, 7) is 6.46. The molecule has 0 spiro atoms. The Bertz CT molecular complexity index is 1800. The number of carbonyl (C=O) groups is 1. The fourth-order valence-electron chi connectivity index (χ4n) is 4.76. The van der Waals surface area contributed by atoms with Crippen LogP contribution in [0.1, 0.15) is 54.4 Å². The lowest BCUT2D eigenvalue weighted by molar-refractivity contribution is 0.0953. The van der Waals surface area contributed by atoms with E-state index < -0.39 is 17.0 Å². The lowest BCUT2D eigenvalue weighted by Gasteiger charge is -2.27. The number of ether oxygens (including phenoxy) is 1. The number of nitrogens with zero attached hydrogens (tertiary/aromatic N) is 3.